The maximum absolute atomic E-state index is 12.4. The smallest absolute Gasteiger partial charge is 0.195 e. The molecule has 8 heteroatoms. The Hall–Kier alpha value is -1.64. The largest absolute Gasteiger partial charge is 0.276 e. The number of rotatable bonds is 6. The first-order valence-corrected chi connectivity index (χ1v) is 11.0. The van der Waals surface area contributed by atoms with Crippen LogP contribution in [0.3, 0.4) is 0 Å². The lowest BCUT2D eigenvalue weighted by Gasteiger charge is -2.09. The molecular formula is C17H16BrN3O2S2. The van der Waals surface area contributed by atoms with E-state index in [0.717, 1.165) is 15.7 Å². The third kappa shape index (κ3) is 4.31. The first-order chi connectivity index (χ1) is 12.0. The number of nitrogens with zero attached hydrogens (tertiary/aromatic N) is 3. The molecule has 1 heterocycles. The molecule has 0 aliphatic rings. The molecule has 0 bridgehead atoms. The molecule has 5 nitrogen and oxygen atoms in total. The number of benzene rings is 2. The molecule has 0 atom stereocenters. The number of hydrogen-bond acceptors (Lipinski definition) is 5. The Kier molecular flexibility index (Phi) is 5.61. The fourth-order valence-corrected chi connectivity index (χ4v) is 5.16. The Morgan fingerprint density at radius 3 is 2.56 bits per heavy atom. The molecule has 0 aliphatic carbocycles. The normalized spacial score (nSPS) is 11.6. The predicted molar refractivity (Wildman–Crippen MR) is 103 cm³/mol. The molecule has 2 aromatic carbocycles. The zero-order valence-electron chi connectivity index (χ0n) is 13.5. The maximum Gasteiger partial charge on any atom is 0.195 e. The van der Waals surface area contributed by atoms with Gasteiger partial charge in [0.25, 0.3) is 0 Å². The zero-order valence-corrected chi connectivity index (χ0v) is 16.7. The first kappa shape index (κ1) is 18.2. The minimum absolute atomic E-state index is 0.0416. The van der Waals surface area contributed by atoms with Gasteiger partial charge in [0.2, 0.25) is 0 Å². The molecule has 0 unspecified atom stereocenters. The summed E-state index contributed by atoms with van der Waals surface area (Å²) in [5.41, 5.74) is 2.09. The summed E-state index contributed by atoms with van der Waals surface area (Å²) in [4.78, 5) is 0.330. The van der Waals surface area contributed by atoms with Crippen LogP contribution < -0.4 is 0 Å². The van der Waals surface area contributed by atoms with Crippen molar-refractivity contribution in [1.82, 2.24) is 14.8 Å². The Morgan fingerprint density at radius 1 is 1.12 bits per heavy atom. The molecule has 0 spiro atoms. The van der Waals surface area contributed by atoms with Crippen LogP contribution >= 0.6 is 27.7 Å². The second kappa shape index (κ2) is 7.72. The number of sulfone groups is 1. The van der Waals surface area contributed by atoms with Gasteiger partial charge in [-0.05, 0) is 42.8 Å². The highest BCUT2D eigenvalue weighted by Crippen LogP contribution is 2.23. The minimum Gasteiger partial charge on any atom is -0.276 e. The number of aryl methyl sites for hydroxylation is 1. The fraction of sp³-hybridized carbons (Fsp3) is 0.176. The first-order valence-electron chi connectivity index (χ1n) is 7.54. The lowest BCUT2D eigenvalue weighted by molar-refractivity contribution is 0.597. The highest BCUT2D eigenvalue weighted by Gasteiger charge is 2.16. The van der Waals surface area contributed by atoms with Crippen LogP contribution in [-0.2, 0) is 9.84 Å². The van der Waals surface area contributed by atoms with Gasteiger partial charge in [0.05, 0.1) is 16.3 Å². The fourth-order valence-electron chi connectivity index (χ4n) is 2.32. The highest BCUT2D eigenvalue weighted by molar-refractivity contribution is 9.10. The van der Waals surface area contributed by atoms with Crippen LogP contribution in [0.2, 0.25) is 0 Å². The van der Waals surface area contributed by atoms with Crippen LogP contribution in [0.15, 0.2) is 69.4 Å². The van der Waals surface area contributed by atoms with E-state index in [0.29, 0.717) is 15.8 Å². The van der Waals surface area contributed by atoms with E-state index in [9.17, 15) is 8.42 Å². The van der Waals surface area contributed by atoms with Crippen molar-refractivity contribution in [2.24, 2.45) is 0 Å². The number of para-hydroxylation sites is 1. The second-order valence-corrected chi connectivity index (χ2v) is 9.48. The Morgan fingerprint density at radius 2 is 1.84 bits per heavy atom. The van der Waals surface area contributed by atoms with Crippen LogP contribution in [0.4, 0.5) is 0 Å². The van der Waals surface area contributed by atoms with Crippen LogP contribution in [0.5, 0.6) is 0 Å². The quantitative estimate of drug-likeness (QED) is 0.546. The second-order valence-electron chi connectivity index (χ2n) is 5.39. The molecule has 0 amide bonds. The van der Waals surface area contributed by atoms with E-state index in [1.165, 1.54) is 11.8 Å². The number of halogens is 1. The van der Waals surface area contributed by atoms with Gasteiger partial charge in [0.15, 0.2) is 15.0 Å². The number of thioether (sulfide) groups is 1. The lowest BCUT2D eigenvalue weighted by Crippen LogP contribution is -2.09. The highest BCUT2D eigenvalue weighted by atomic mass is 79.9. The molecule has 0 N–H and O–H groups in total. The van der Waals surface area contributed by atoms with Gasteiger partial charge >= 0.3 is 0 Å². The van der Waals surface area contributed by atoms with Crippen LogP contribution in [0.25, 0.3) is 5.69 Å². The molecule has 0 aliphatic heterocycles. The zero-order chi connectivity index (χ0) is 17.9. The van der Waals surface area contributed by atoms with Gasteiger partial charge in [-0.2, -0.15) is 0 Å². The molecule has 1 aromatic heterocycles. The summed E-state index contributed by atoms with van der Waals surface area (Å²) in [7, 11) is -3.32. The molecule has 0 saturated heterocycles. The van der Waals surface area contributed by atoms with Gasteiger partial charge in [0, 0.05) is 10.2 Å². The Balaban J connectivity index is 1.70. The standard InChI is InChI=1S/C17H16BrN3O2S2/c1-13-4-2-3-5-16(13)21-12-19-20-17(21)24-10-11-25(22,23)15-8-6-14(18)7-9-15/h2-9,12H,10-11H2,1H3. The molecule has 0 fully saturated rings. The Labute approximate surface area is 159 Å². The van der Waals surface area contributed by atoms with Crippen molar-refractivity contribution in [1.29, 1.82) is 0 Å². The monoisotopic (exact) mass is 437 g/mol. The summed E-state index contributed by atoms with van der Waals surface area (Å²) in [6, 6.07) is 14.6. The van der Waals surface area contributed by atoms with Crippen molar-refractivity contribution in [2.45, 2.75) is 17.0 Å². The molecule has 130 valence electrons. The van der Waals surface area contributed by atoms with Gasteiger partial charge in [-0.15, -0.1) is 10.2 Å². The van der Waals surface area contributed by atoms with E-state index in [4.69, 9.17) is 0 Å². The number of aromatic nitrogens is 3. The summed E-state index contributed by atoms with van der Waals surface area (Å²) in [6.45, 7) is 2.02. The van der Waals surface area contributed by atoms with Crippen molar-refractivity contribution in [3.05, 3.63) is 64.9 Å². The van der Waals surface area contributed by atoms with E-state index < -0.39 is 9.84 Å². The van der Waals surface area contributed by atoms with Gasteiger partial charge in [0.1, 0.15) is 6.33 Å². The average Bonchev–Trinajstić information content (AvgIpc) is 3.04. The summed E-state index contributed by atoms with van der Waals surface area (Å²) in [6.07, 6.45) is 1.65. The minimum atomic E-state index is -3.32. The topological polar surface area (TPSA) is 64.8 Å². The maximum atomic E-state index is 12.4. The van der Waals surface area contributed by atoms with Crippen molar-refractivity contribution in [3.8, 4) is 5.69 Å². The average molecular weight is 438 g/mol. The van der Waals surface area contributed by atoms with E-state index in [1.807, 2.05) is 35.8 Å². The third-order valence-electron chi connectivity index (χ3n) is 3.65. The number of hydrogen-bond donors (Lipinski definition) is 0. The van der Waals surface area contributed by atoms with Crippen LogP contribution in [0.1, 0.15) is 5.56 Å². The molecule has 3 aromatic rings. The molecule has 0 radical (unpaired) electrons. The Bertz CT molecular complexity index is 970. The van der Waals surface area contributed by atoms with E-state index in [1.54, 1.807) is 30.6 Å². The molecule has 3 rings (SSSR count). The lowest BCUT2D eigenvalue weighted by atomic mass is 10.2. The molecule has 0 saturated carbocycles. The van der Waals surface area contributed by atoms with E-state index in [-0.39, 0.29) is 5.75 Å². The van der Waals surface area contributed by atoms with Gasteiger partial charge in [-0.3, -0.25) is 4.57 Å². The van der Waals surface area contributed by atoms with E-state index in [2.05, 4.69) is 26.1 Å². The van der Waals surface area contributed by atoms with Crippen molar-refractivity contribution in [2.75, 3.05) is 11.5 Å². The summed E-state index contributed by atoms with van der Waals surface area (Å²) >= 11 is 4.69. The summed E-state index contributed by atoms with van der Waals surface area (Å²) in [5, 5.41) is 8.75. The van der Waals surface area contributed by atoms with Crippen molar-refractivity contribution >= 4 is 37.5 Å². The summed E-state index contributed by atoms with van der Waals surface area (Å²) in [5.74, 6) is 0.447. The van der Waals surface area contributed by atoms with Crippen molar-refractivity contribution < 1.29 is 8.42 Å². The van der Waals surface area contributed by atoms with Crippen LogP contribution in [-0.4, -0.2) is 34.7 Å². The van der Waals surface area contributed by atoms with E-state index >= 15 is 0 Å². The predicted octanol–water partition coefficient (Wildman–Crippen LogP) is 3.90. The molecule has 25 heavy (non-hydrogen) atoms. The molecular weight excluding hydrogens is 422 g/mol. The van der Waals surface area contributed by atoms with Gasteiger partial charge in [-0.1, -0.05) is 45.9 Å². The summed E-state index contributed by atoms with van der Waals surface area (Å²) < 4.78 is 27.6. The van der Waals surface area contributed by atoms with Gasteiger partial charge in [-0.25, -0.2) is 8.42 Å². The SMILES string of the molecule is Cc1ccccc1-n1cnnc1SCCS(=O)(=O)c1ccc(Br)cc1. The van der Waals surface area contributed by atoms with Crippen LogP contribution in [0, 0.1) is 6.92 Å². The van der Waals surface area contributed by atoms with Gasteiger partial charge < -0.3 is 0 Å². The third-order valence-corrected chi connectivity index (χ3v) is 7.11. The van der Waals surface area contributed by atoms with Crippen molar-refractivity contribution in [3.63, 3.8) is 0 Å².